The van der Waals surface area contributed by atoms with Crippen molar-refractivity contribution >= 4 is 17.8 Å². The lowest BCUT2D eigenvalue weighted by Crippen LogP contribution is -2.41. The lowest BCUT2D eigenvalue weighted by molar-refractivity contribution is -0.144. The van der Waals surface area contributed by atoms with Crippen LogP contribution in [0.1, 0.15) is 19.4 Å². The fourth-order valence-electron chi connectivity index (χ4n) is 3.76. The van der Waals surface area contributed by atoms with E-state index in [9.17, 15) is 14.4 Å². The second-order valence-corrected chi connectivity index (χ2v) is 8.09. The van der Waals surface area contributed by atoms with Crippen molar-refractivity contribution < 1.29 is 14.4 Å². The summed E-state index contributed by atoms with van der Waals surface area (Å²) in [5.74, 6) is -1.57. The van der Waals surface area contributed by atoms with Crippen LogP contribution < -0.4 is 0 Å². The Hall–Kier alpha value is -3.78. The molecule has 0 spiro atoms. The van der Waals surface area contributed by atoms with Crippen LogP contribution >= 0.6 is 0 Å². The van der Waals surface area contributed by atoms with Crippen LogP contribution in [0.15, 0.2) is 66.9 Å². The second-order valence-electron chi connectivity index (χ2n) is 8.09. The third-order valence-corrected chi connectivity index (χ3v) is 5.28. The van der Waals surface area contributed by atoms with Gasteiger partial charge < -0.3 is 0 Å². The molecule has 0 saturated carbocycles. The van der Waals surface area contributed by atoms with Crippen molar-refractivity contribution in [2.24, 2.45) is 0 Å². The highest BCUT2D eigenvalue weighted by Crippen LogP contribution is 2.25. The predicted octanol–water partition coefficient (Wildman–Crippen LogP) is 3.13. The van der Waals surface area contributed by atoms with Crippen LogP contribution in [0.3, 0.4) is 0 Å². The van der Waals surface area contributed by atoms with Crippen molar-refractivity contribution in [3.8, 4) is 16.9 Å². The Balaban J connectivity index is 1.59. The highest BCUT2D eigenvalue weighted by Gasteiger charge is 2.45. The van der Waals surface area contributed by atoms with Crippen LogP contribution in [0.4, 0.5) is 4.79 Å². The SMILES string of the molecule is CC(C)N1C(=O)C(=O)N(CN(C)Cc2cn(-c3ccccc3)nc2-c2ccccc2)C1=O. The van der Waals surface area contributed by atoms with Crippen molar-refractivity contribution in [2.75, 3.05) is 13.7 Å². The number of amides is 4. The molecule has 2 aromatic carbocycles. The summed E-state index contributed by atoms with van der Waals surface area (Å²) in [6.07, 6.45) is 1.95. The minimum absolute atomic E-state index is 0.0113. The summed E-state index contributed by atoms with van der Waals surface area (Å²) in [5, 5.41) is 4.79. The Bertz CT molecular complexity index is 1140. The van der Waals surface area contributed by atoms with Gasteiger partial charge in [0.2, 0.25) is 0 Å². The molecule has 2 heterocycles. The number of urea groups is 1. The molecule has 1 aliphatic rings. The molecule has 0 atom stereocenters. The molecule has 0 bridgehead atoms. The van der Waals surface area contributed by atoms with Crippen LogP contribution in [0.25, 0.3) is 16.9 Å². The van der Waals surface area contributed by atoms with Crippen LogP contribution in [-0.2, 0) is 16.1 Å². The van der Waals surface area contributed by atoms with Crippen LogP contribution in [0, 0.1) is 0 Å². The summed E-state index contributed by atoms with van der Waals surface area (Å²) in [4.78, 5) is 41.0. The van der Waals surface area contributed by atoms with Gasteiger partial charge >= 0.3 is 17.8 Å². The molecule has 164 valence electrons. The van der Waals surface area contributed by atoms with E-state index < -0.39 is 17.8 Å². The minimum Gasteiger partial charge on any atom is -0.284 e. The molecule has 0 N–H and O–H groups in total. The number of carbonyl (C=O) groups excluding carboxylic acids is 3. The predicted molar refractivity (Wildman–Crippen MR) is 120 cm³/mol. The maximum absolute atomic E-state index is 12.6. The van der Waals surface area contributed by atoms with Crippen LogP contribution in [0.2, 0.25) is 0 Å². The van der Waals surface area contributed by atoms with E-state index in [1.54, 1.807) is 20.9 Å². The maximum Gasteiger partial charge on any atom is 0.335 e. The monoisotopic (exact) mass is 431 g/mol. The lowest BCUT2D eigenvalue weighted by Gasteiger charge is -2.23. The zero-order chi connectivity index (χ0) is 22.8. The van der Waals surface area contributed by atoms with Crippen LogP contribution in [-0.4, -0.2) is 62.1 Å². The molecule has 3 aromatic rings. The molecule has 32 heavy (non-hydrogen) atoms. The summed E-state index contributed by atoms with van der Waals surface area (Å²) in [6, 6.07) is 18.7. The van der Waals surface area contributed by atoms with E-state index in [1.165, 1.54) is 0 Å². The van der Waals surface area contributed by atoms with Gasteiger partial charge in [0.15, 0.2) is 0 Å². The first kappa shape index (κ1) is 21.5. The van der Waals surface area contributed by atoms with Crippen molar-refractivity contribution in [2.45, 2.75) is 26.4 Å². The first-order valence-electron chi connectivity index (χ1n) is 10.4. The molecule has 1 aromatic heterocycles. The first-order chi connectivity index (χ1) is 15.4. The molecule has 1 aliphatic heterocycles. The van der Waals surface area contributed by atoms with Gasteiger partial charge in [-0.2, -0.15) is 5.10 Å². The molecule has 4 rings (SSSR count). The van der Waals surface area contributed by atoms with Crippen molar-refractivity contribution in [1.82, 2.24) is 24.5 Å². The third-order valence-electron chi connectivity index (χ3n) is 5.28. The molecular weight excluding hydrogens is 406 g/mol. The summed E-state index contributed by atoms with van der Waals surface area (Å²) in [7, 11) is 1.80. The molecule has 0 radical (unpaired) electrons. The Morgan fingerprint density at radius 2 is 1.53 bits per heavy atom. The van der Waals surface area contributed by atoms with Gasteiger partial charge in [-0.15, -0.1) is 0 Å². The molecule has 8 nitrogen and oxygen atoms in total. The van der Waals surface area contributed by atoms with Crippen LogP contribution in [0.5, 0.6) is 0 Å². The smallest absolute Gasteiger partial charge is 0.284 e. The van der Waals surface area contributed by atoms with E-state index in [0.29, 0.717) is 6.54 Å². The molecule has 1 fully saturated rings. The average Bonchev–Trinajstić information content (AvgIpc) is 3.29. The molecule has 4 amide bonds. The Labute approximate surface area is 186 Å². The lowest BCUT2D eigenvalue weighted by atomic mass is 10.1. The van der Waals surface area contributed by atoms with Crippen molar-refractivity contribution in [1.29, 1.82) is 0 Å². The molecule has 0 unspecified atom stereocenters. The average molecular weight is 431 g/mol. The normalized spacial score (nSPS) is 14.3. The van der Waals surface area contributed by atoms with Gasteiger partial charge in [-0.05, 0) is 33.0 Å². The number of rotatable bonds is 7. The summed E-state index contributed by atoms with van der Waals surface area (Å²) in [6.45, 7) is 3.86. The van der Waals surface area contributed by atoms with Gasteiger partial charge in [-0.25, -0.2) is 14.4 Å². The van der Waals surface area contributed by atoms with E-state index in [1.807, 2.05) is 76.4 Å². The Morgan fingerprint density at radius 1 is 0.906 bits per heavy atom. The molecular formula is C24H25N5O3. The highest BCUT2D eigenvalue weighted by atomic mass is 16.2. The Kier molecular flexibility index (Phi) is 5.87. The standard InChI is InChI=1S/C24H25N5O3/c1-17(2)29-23(31)22(30)27(24(29)32)16-26(3)14-19-15-28(20-12-8-5-9-13-20)25-21(19)18-10-6-4-7-11-18/h4-13,15,17H,14,16H2,1-3H3. The van der Waals surface area contributed by atoms with E-state index in [4.69, 9.17) is 5.10 Å². The topological polar surface area (TPSA) is 78.8 Å². The van der Waals surface area contributed by atoms with Gasteiger partial charge in [-0.3, -0.25) is 19.4 Å². The van der Waals surface area contributed by atoms with Gasteiger partial charge in [0.25, 0.3) is 0 Å². The minimum atomic E-state index is -0.793. The summed E-state index contributed by atoms with van der Waals surface area (Å²) in [5.41, 5.74) is 3.66. The number of aromatic nitrogens is 2. The second kappa shape index (κ2) is 8.76. The number of imide groups is 2. The zero-order valence-electron chi connectivity index (χ0n) is 18.3. The third kappa shape index (κ3) is 4.04. The van der Waals surface area contributed by atoms with Gasteiger partial charge in [0.05, 0.1) is 18.1 Å². The quantitative estimate of drug-likeness (QED) is 0.424. The fourth-order valence-corrected chi connectivity index (χ4v) is 3.76. The van der Waals surface area contributed by atoms with E-state index in [2.05, 4.69) is 0 Å². The summed E-state index contributed by atoms with van der Waals surface area (Å²) >= 11 is 0. The molecule has 8 heteroatoms. The van der Waals surface area contributed by atoms with Crippen molar-refractivity contribution in [3.63, 3.8) is 0 Å². The highest BCUT2D eigenvalue weighted by molar-refractivity contribution is 6.44. The first-order valence-corrected chi connectivity index (χ1v) is 10.4. The van der Waals surface area contributed by atoms with E-state index in [0.717, 1.165) is 32.3 Å². The maximum atomic E-state index is 12.6. The largest absolute Gasteiger partial charge is 0.335 e. The Morgan fingerprint density at radius 3 is 2.12 bits per heavy atom. The van der Waals surface area contributed by atoms with Gasteiger partial charge in [-0.1, -0.05) is 48.5 Å². The van der Waals surface area contributed by atoms with E-state index >= 15 is 0 Å². The van der Waals surface area contributed by atoms with E-state index in [-0.39, 0.29) is 12.7 Å². The zero-order valence-corrected chi connectivity index (χ0v) is 18.3. The molecule has 1 saturated heterocycles. The number of carbonyl (C=O) groups is 3. The van der Waals surface area contributed by atoms with Gasteiger partial charge in [0.1, 0.15) is 0 Å². The number of para-hydroxylation sites is 1. The number of benzene rings is 2. The molecule has 0 aliphatic carbocycles. The number of hydrogen-bond acceptors (Lipinski definition) is 5. The number of nitrogens with zero attached hydrogens (tertiary/aromatic N) is 5. The van der Waals surface area contributed by atoms with Gasteiger partial charge in [0, 0.05) is 29.9 Å². The number of hydrogen-bond donors (Lipinski definition) is 0. The van der Waals surface area contributed by atoms with Crippen molar-refractivity contribution in [3.05, 3.63) is 72.4 Å². The fraction of sp³-hybridized carbons (Fsp3) is 0.250. The summed E-state index contributed by atoms with van der Waals surface area (Å²) < 4.78 is 1.82.